The highest BCUT2D eigenvalue weighted by Gasteiger charge is 1.97. The topological polar surface area (TPSA) is 43.8 Å². The first-order valence-electron chi connectivity index (χ1n) is 5.06. The average Bonchev–Trinajstić information content (AvgIpc) is 2.69. The highest BCUT2D eigenvalue weighted by Crippen LogP contribution is 2.05. The molecule has 0 bridgehead atoms. The van der Waals surface area contributed by atoms with Crippen LogP contribution in [-0.2, 0) is 13.1 Å². The Morgan fingerprint density at radius 1 is 1.20 bits per heavy atom. The third kappa shape index (κ3) is 2.44. The van der Waals surface area contributed by atoms with Gasteiger partial charge in [-0.3, -0.25) is 4.68 Å². The van der Waals surface area contributed by atoms with Crippen molar-refractivity contribution in [3.63, 3.8) is 0 Å². The van der Waals surface area contributed by atoms with Gasteiger partial charge in [-0.05, 0) is 18.6 Å². The van der Waals surface area contributed by atoms with Crippen molar-refractivity contribution in [3.05, 3.63) is 53.3 Å². The number of benzene rings is 1. The van der Waals surface area contributed by atoms with E-state index in [1.807, 2.05) is 16.9 Å². The number of aromatic nitrogens is 2. The van der Waals surface area contributed by atoms with Gasteiger partial charge in [0.05, 0.1) is 12.2 Å². The molecule has 2 aromatic rings. The fourth-order valence-corrected chi connectivity index (χ4v) is 1.48. The van der Waals surface area contributed by atoms with E-state index in [9.17, 15) is 0 Å². The molecule has 0 fully saturated rings. The zero-order valence-electron chi connectivity index (χ0n) is 8.85. The monoisotopic (exact) mass is 201 g/mol. The number of nitrogens with two attached hydrogens (primary N) is 1. The smallest absolute Gasteiger partial charge is 0.0760 e. The molecule has 0 atom stereocenters. The van der Waals surface area contributed by atoms with Crippen molar-refractivity contribution in [2.24, 2.45) is 5.73 Å². The minimum Gasteiger partial charge on any atom is -0.325 e. The second-order valence-corrected chi connectivity index (χ2v) is 3.69. The van der Waals surface area contributed by atoms with E-state index in [0.29, 0.717) is 6.54 Å². The quantitative estimate of drug-likeness (QED) is 0.821. The predicted octanol–water partition coefficient (Wildman–Crippen LogP) is 1.70. The van der Waals surface area contributed by atoms with Crippen LogP contribution >= 0.6 is 0 Å². The SMILES string of the molecule is Cc1ccc(Cn2ccc(CN)n2)cc1. The van der Waals surface area contributed by atoms with Crippen LogP contribution in [0.5, 0.6) is 0 Å². The summed E-state index contributed by atoms with van der Waals surface area (Å²) in [5.74, 6) is 0. The molecule has 0 unspecified atom stereocenters. The Hall–Kier alpha value is -1.61. The van der Waals surface area contributed by atoms with E-state index < -0.39 is 0 Å². The van der Waals surface area contributed by atoms with Gasteiger partial charge in [-0.15, -0.1) is 0 Å². The van der Waals surface area contributed by atoms with Crippen molar-refractivity contribution < 1.29 is 0 Å². The third-order valence-corrected chi connectivity index (χ3v) is 2.37. The van der Waals surface area contributed by atoms with Crippen LogP contribution in [0.4, 0.5) is 0 Å². The highest BCUT2D eigenvalue weighted by molar-refractivity contribution is 5.21. The highest BCUT2D eigenvalue weighted by atomic mass is 15.3. The van der Waals surface area contributed by atoms with Crippen LogP contribution in [0.15, 0.2) is 36.5 Å². The van der Waals surface area contributed by atoms with Crippen LogP contribution in [0.3, 0.4) is 0 Å². The van der Waals surface area contributed by atoms with E-state index >= 15 is 0 Å². The standard InChI is InChI=1S/C12H15N3/c1-10-2-4-11(5-3-10)9-15-7-6-12(8-13)14-15/h2-7H,8-9,13H2,1H3. The second-order valence-electron chi connectivity index (χ2n) is 3.69. The van der Waals surface area contributed by atoms with Crippen LogP contribution in [-0.4, -0.2) is 9.78 Å². The summed E-state index contributed by atoms with van der Waals surface area (Å²) in [6.45, 7) is 3.39. The maximum absolute atomic E-state index is 5.50. The second kappa shape index (κ2) is 4.28. The van der Waals surface area contributed by atoms with Crippen LogP contribution in [0.2, 0.25) is 0 Å². The minimum atomic E-state index is 0.501. The number of nitrogens with zero attached hydrogens (tertiary/aromatic N) is 2. The van der Waals surface area contributed by atoms with Crippen molar-refractivity contribution in [1.82, 2.24) is 9.78 Å². The summed E-state index contributed by atoms with van der Waals surface area (Å²) in [7, 11) is 0. The van der Waals surface area contributed by atoms with Gasteiger partial charge in [-0.2, -0.15) is 5.10 Å². The van der Waals surface area contributed by atoms with Crippen molar-refractivity contribution in [2.45, 2.75) is 20.0 Å². The van der Waals surface area contributed by atoms with Crippen LogP contribution in [0.25, 0.3) is 0 Å². The van der Waals surface area contributed by atoms with Crippen LogP contribution in [0.1, 0.15) is 16.8 Å². The van der Waals surface area contributed by atoms with Crippen molar-refractivity contribution in [2.75, 3.05) is 0 Å². The molecule has 3 nitrogen and oxygen atoms in total. The summed E-state index contributed by atoms with van der Waals surface area (Å²) in [6.07, 6.45) is 1.96. The van der Waals surface area contributed by atoms with Gasteiger partial charge in [0.25, 0.3) is 0 Å². The van der Waals surface area contributed by atoms with Gasteiger partial charge in [0.1, 0.15) is 0 Å². The van der Waals surface area contributed by atoms with Gasteiger partial charge in [-0.25, -0.2) is 0 Å². The lowest BCUT2D eigenvalue weighted by Gasteiger charge is -2.02. The summed E-state index contributed by atoms with van der Waals surface area (Å²) in [5.41, 5.74) is 8.97. The molecule has 1 aromatic carbocycles. The summed E-state index contributed by atoms with van der Waals surface area (Å²) in [5, 5.41) is 4.34. The Morgan fingerprint density at radius 2 is 1.93 bits per heavy atom. The van der Waals surface area contributed by atoms with Crippen molar-refractivity contribution in [3.8, 4) is 0 Å². The lowest BCUT2D eigenvalue weighted by molar-refractivity contribution is 0.672. The zero-order valence-corrected chi connectivity index (χ0v) is 8.85. The summed E-state index contributed by atoms with van der Waals surface area (Å²) in [4.78, 5) is 0. The molecule has 0 saturated heterocycles. The van der Waals surface area contributed by atoms with Crippen molar-refractivity contribution >= 4 is 0 Å². The molecular weight excluding hydrogens is 186 g/mol. The normalized spacial score (nSPS) is 10.5. The molecule has 1 heterocycles. The maximum Gasteiger partial charge on any atom is 0.0760 e. The Balaban J connectivity index is 2.11. The summed E-state index contributed by atoms with van der Waals surface area (Å²) >= 11 is 0. The van der Waals surface area contributed by atoms with Crippen LogP contribution < -0.4 is 5.73 Å². The van der Waals surface area contributed by atoms with Gasteiger partial charge >= 0.3 is 0 Å². The molecule has 2 N–H and O–H groups in total. The number of aryl methyl sites for hydroxylation is 1. The number of rotatable bonds is 3. The molecule has 0 radical (unpaired) electrons. The molecule has 0 aliphatic rings. The molecular formula is C12H15N3. The Morgan fingerprint density at radius 3 is 2.53 bits per heavy atom. The Labute approximate surface area is 89.5 Å². The molecule has 3 heteroatoms. The van der Waals surface area contributed by atoms with E-state index in [2.05, 4.69) is 36.3 Å². The van der Waals surface area contributed by atoms with Gasteiger partial charge < -0.3 is 5.73 Å². The molecule has 0 spiro atoms. The molecule has 0 aliphatic heterocycles. The predicted molar refractivity (Wildman–Crippen MR) is 60.4 cm³/mol. The number of hydrogen-bond donors (Lipinski definition) is 1. The summed E-state index contributed by atoms with van der Waals surface area (Å²) < 4.78 is 1.91. The first kappa shape index (κ1) is 9.93. The maximum atomic E-state index is 5.50. The fourth-order valence-electron chi connectivity index (χ4n) is 1.48. The van der Waals surface area contributed by atoms with Crippen LogP contribution in [0, 0.1) is 6.92 Å². The van der Waals surface area contributed by atoms with Gasteiger partial charge in [0.15, 0.2) is 0 Å². The molecule has 0 amide bonds. The fraction of sp³-hybridized carbons (Fsp3) is 0.250. The largest absolute Gasteiger partial charge is 0.325 e. The van der Waals surface area contributed by atoms with E-state index in [0.717, 1.165) is 12.2 Å². The van der Waals surface area contributed by atoms with Gasteiger partial charge in [-0.1, -0.05) is 29.8 Å². The summed E-state index contributed by atoms with van der Waals surface area (Å²) in [6, 6.07) is 10.4. The molecule has 2 rings (SSSR count). The Bertz CT molecular complexity index is 428. The first-order chi connectivity index (χ1) is 7.28. The van der Waals surface area contributed by atoms with E-state index in [-0.39, 0.29) is 0 Å². The van der Waals surface area contributed by atoms with E-state index in [4.69, 9.17) is 5.73 Å². The number of hydrogen-bond acceptors (Lipinski definition) is 2. The molecule has 0 aliphatic carbocycles. The molecule has 78 valence electrons. The Kier molecular flexibility index (Phi) is 2.83. The molecule has 0 saturated carbocycles. The molecule has 1 aromatic heterocycles. The third-order valence-electron chi connectivity index (χ3n) is 2.37. The minimum absolute atomic E-state index is 0.501. The van der Waals surface area contributed by atoms with Crippen molar-refractivity contribution in [1.29, 1.82) is 0 Å². The van der Waals surface area contributed by atoms with Gasteiger partial charge in [0.2, 0.25) is 0 Å². The average molecular weight is 201 g/mol. The zero-order chi connectivity index (χ0) is 10.7. The van der Waals surface area contributed by atoms with E-state index in [1.54, 1.807) is 0 Å². The van der Waals surface area contributed by atoms with E-state index in [1.165, 1.54) is 11.1 Å². The lowest BCUT2D eigenvalue weighted by atomic mass is 10.1. The lowest BCUT2D eigenvalue weighted by Crippen LogP contribution is -2.03. The molecule has 15 heavy (non-hydrogen) atoms. The first-order valence-corrected chi connectivity index (χ1v) is 5.06. The van der Waals surface area contributed by atoms with Gasteiger partial charge in [0, 0.05) is 12.7 Å².